The van der Waals surface area contributed by atoms with Crippen LogP contribution in [0.25, 0.3) is 0 Å². The summed E-state index contributed by atoms with van der Waals surface area (Å²) in [5, 5.41) is 15.7. The minimum Gasteiger partial charge on any atom is -0.456 e. The minimum absolute atomic E-state index is 0.0221. The molecule has 12 nitrogen and oxygen atoms in total. The highest BCUT2D eigenvalue weighted by Gasteiger charge is 2.57. The number of nitrogens with zero attached hydrogens (tertiary/aromatic N) is 1. The number of nitrogens with one attached hydrogen (secondary N) is 1. The first-order valence-corrected chi connectivity index (χ1v) is 23.3. The molecule has 0 radical (unpaired) electrons. The van der Waals surface area contributed by atoms with Gasteiger partial charge in [0.2, 0.25) is 0 Å². The number of aliphatic hydroxyl groups is 1. The Morgan fingerprint density at radius 2 is 1.76 bits per heavy atom. The van der Waals surface area contributed by atoms with Crippen LogP contribution in [0.5, 0.6) is 0 Å². The molecule has 0 unspecified atom stereocenters. The Hall–Kier alpha value is -3.23. The molecule has 0 spiro atoms. The van der Waals surface area contributed by atoms with Gasteiger partial charge in [0.1, 0.15) is 24.0 Å². The van der Waals surface area contributed by atoms with E-state index in [1.54, 1.807) is 46.5 Å². The van der Waals surface area contributed by atoms with E-state index in [2.05, 4.69) is 18.8 Å². The van der Waals surface area contributed by atoms with Crippen molar-refractivity contribution in [2.24, 2.45) is 29.6 Å². The molecular weight excluding hydrogens is 824 g/mol. The Morgan fingerprint density at radius 3 is 2.41 bits per heavy atom. The summed E-state index contributed by atoms with van der Waals surface area (Å²) in [4.78, 5) is 60.1. The number of ether oxygens (including phenoxy) is 5. The number of carbonyl (C=O) groups is 4. The molecule has 4 rings (SSSR count). The topological polar surface area (TPSA) is 150 Å². The van der Waals surface area contributed by atoms with Gasteiger partial charge >= 0.3 is 5.97 Å². The number of fused-ring (bicyclic) bond motifs is 3. The maximum absolute atomic E-state index is 15.2. The van der Waals surface area contributed by atoms with Crippen LogP contribution >= 0.6 is 11.6 Å². The fraction of sp³-hybridized carbons (Fsp3) is 0.680. The number of aliphatic hydroxyl groups excluding tert-OH is 1. The summed E-state index contributed by atoms with van der Waals surface area (Å²) in [6.45, 7) is 17.8. The maximum Gasteiger partial charge on any atom is 0.329 e. The third kappa shape index (κ3) is 13.7. The van der Waals surface area contributed by atoms with E-state index in [9.17, 15) is 19.5 Å². The number of amides is 1. The number of hydrogen-bond acceptors (Lipinski definition) is 11. The highest BCUT2D eigenvalue weighted by Crippen LogP contribution is 2.40. The molecule has 2 N–H and O–H groups in total. The zero-order valence-electron chi connectivity index (χ0n) is 39.4. The van der Waals surface area contributed by atoms with Gasteiger partial charge in [-0.1, -0.05) is 75.2 Å². The number of Topliss-reactive ketones (excluding diaryl/α,β-unsaturated/α-hetero) is 2. The van der Waals surface area contributed by atoms with Gasteiger partial charge in [-0.05, 0) is 107 Å². The number of cyclic esters (lactones) is 1. The molecule has 0 saturated carbocycles. The molecule has 13 atom stereocenters. The van der Waals surface area contributed by atoms with Crippen LogP contribution in [0.3, 0.4) is 0 Å². The third-order valence-electron chi connectivity index (χ3n) is 13.4. The summed E-state index contributed by atoms with van der Waals surface area (Å²) in [5.74, 6) is -4.23. The van der Waals surface area contributed by atoms with Crippen molar-refractivity contribution in [1.82, 2.24) is 10.2 Å². The first-order valence-electron chi connectivity index (χ1n) is 22.9. The minimum atomic E-state index is -1.84. The smallest absolute Gasteiger partial charge is 0.329 e. The lowest BCUT2D eigenvalue weighted by Gasteiger charge is -2.50. The monoisotopic (exact) mass is 899 g/mol. The van der Waals surface area contributed by atoms with Crippen LogP contribution in [-0.4, -0.2) is 110 Å². The van der Waals surface area contributed by atoms with Gasteiger partial charge in [-0.15, -0.1) is 6.58 Å². The van der Waals surface area contributed by atoms with Crippen LogP contribution in [0, 0.1) is 29.6 Å². The first-order chi connectivity index (χ1) is 29.9. The SMILES string of the molecule is C=CC[C@@H]1/C=C(\C)C[C@H](C)C[C@H](OC)[C@H]2O[C@@](NCc3cccc(Cl)c3)(C(=O)C(=O)N3CCCC[C@H]3C(=O)O[C@H](/C(C)=C/[C@H](C)C[C@H](C)OC)[C@H](C)[C@@H](O)CC1=O)[C@H](C)C[C@@H]2OC. The molecule has 0 aliphatic carbocycles. The molecule has 1 aromatic rings. The molecule has 3 aliphatic rings. The van der Waals surface area contributed by atoms with E-state index in [0.29, 0.717) is 55.5 Å². The zero-order chi connectivity index (χ0) is 46.6. The maximum atomic E-state index is 15.2. The zero-order valence-corrected chi connectivity index (χ0v) is 40.2. The number of esters is 1. The molecule has 0 aromatic heterocycles. The third-order valence-corrected chi connectivity index (χ3v) is 13.7. The van der Waals surface area contributed by atoms with Crippen molar-refractivity contribution in [1.29, 1.82) is 0 Å². The van der Waals surface area contributed by atoms with Crippen molar-refractivity contribution in [2.45, 2.75) is 161 Å². The molecule has 13 heteroatoms. The molecule has 3 aliphatic heterocycles. The number of carbonyl (C=O) groups excluding carboxylic acids is 4. The summed E-state index contributed by atoms with van der Waals surface area (Å²) in [5.41, 5.74) is 0.638. The number of rotatable bonds is 12. The van der Waals surface area contributed by atoms with Gasteiger partial charge in [0.25, 0.3) is 11.7 Å². The van der Waals surface area contributed by atoms with Crippen molar-refractivity contribution in [3.05, 3.63) is 70.8 Å². The van der Waals surface area contributed by atoms with Gasteiger partial charge in [0, 0.05) is 63.6 Å². The van der Waals surface area contributed by atoms with Crippen molar-refractivity contribution in [2.75, 3.05) is 27.9 Å². The van der Waals surface area contributed by atoms with Crippen LogP contribution in [0.2, 0.25) is 5.02 Å². The second-order valence-electron chi connectivity index (χ2n) is 18.6. The van der Waals surface area contributed by atoms with Gasteiger partial charge < -0.3 is 33.7 Å². The van der Waals surface area contributed by atoms with E-state index >= 15 is 4.79 Å². The molecule has 1 aromatic carbocycles. The first kappa shape index (κ1) is 52.4. The molecule has 2 fully saturated rings. The highest BCUT2D eigenvalue weighted by molar-refractivity contribution is 6.39. The average molecular weight is 900 g/mol. The Balaban J connectivity index is 1.87. The molecule has 3 heterocycles. The summed E-state index contributed by atoms with van der Waals surface area (Å²) >= 11 is 6.38. The van der Waals surface area contributed by atoms with E-state index in [-0.39, 0.29) is 49.7 Å². The van der Waals surface area contributed by atoms with Crippen LogP contribution < -0.4 is 5.32 Å². The Morgan fingerprint density at radius 1 is 1.06 bits per heavy atom. The van der Waals surface area contributed by atoms with Crippen molar-refractivity contribution in [3.8, 4) is 0 Å². The van der Waals surface area contributed by atoms with Gasteiger partial charge in [-0.2, -0.15) is 0 Å². The molecule has 2 saturated heterocycles. The normalized spacial score (nSPS) is 34.2. The number of methoxy groups -OCH3 is 3. The summed E-state index contributed by atoms with van der Waals surface area (Å²) in [7, 11) is 4.86. The van der Waals surface area contributed by atoms with Crippen LogP contribution in [0.15, 0.2) is 60.2 Å². The predicted molar refractivity (Wildman–Crippen MR) is 245 cm³/mol. The summed E-state index contributed by atoms with van der Waals surface area (Å²) < 4.78 is 31.1. The van der Waals surface area contributed by atoms with Crippen LogP contribution in [0.1, 0.15) is 112 Å². The Kier molecular flexibility index (Phi) is 20.2. The van der Waals surface area contributed by atoms with Gasteiger partial charge in [-0.3, -0.25) is 19.7 Å². The van der Waals surface area contributed by atoms with E-state index in [1.807, 2.05) is 58.9 Å². The van der Waals surface area contributed by atoms with Crippen molar-refractivity contribution < 1.29 is 48.0 Å². The Bertz CT molecular complexity index is 1780. The number of piperidine rings is 1. The van der Waals surface area contributed by atoms with Crippen LogP contribution in [0.4, 0.5) is 0 Å². The molecule has 63 heavy (non-hydrogen) atoms. The predicted octanol–water partition coefficient (Wildman–Crippen LogP) is 7.98. The van der Waals surface area contributed by atoms with Crippen molar-refractivity contribution >= 4 is 35.0 Å². The number of hydrogen-bond donors (Lipinski definition) is 2. The molecule has 352 valence electrons. The fourth-order valence-electron chi connectivity index (χ4n) is 9.84. The lowest BCUT2D eigenvalue weighted by atomic mass is 9.80. The largest absolute Gasteiger partial charge is 0.456 e. The number of halogens is 1. The highest BCUT2D eigenvalue weighted by atomic mass is 35.5. The van der Waals surface area contributed by atoms with E-state index in [4.69, 9.17) is 35.3 Å². The van der Waals surface area contributed by atoms with Gasteiger partial charge in [-0.25, -0.2) is 4.79 Å². The summed E-state index contributed by atoms with van der Waals surface area (Å²) in [6.07, 6.45) is 5.69. The van der Waals surface area contributed by atoms with E-state index in [0.717, 1.165) is 11.1 Å². The van der Waals surface area contributed by atoms with Crippen molar-refractivity contribution in [3.63, 3.8) is 0 Å². The number of benzene rings is 1. The quantitative estimate of drug-likeness (QED) is 0.120. The Labute approximate surface area is 381 Å². The lowest BCUT2D eigenvalue weighted by Crippen LogP contribution is -2.70. The van der Waals surface area contributed by atoms with E-state index < -0.39 is 77.7 Å². The summed E-state index contributed by atoms with van der Waals surface area (Å²) in [6, 6.07) is 6.16. The second kappa shape index (κ2) is 24.3. The van der Waals surface area contributed by atoms with Crippen LogP contribution in [-0.2, 0) is 49.4 Å². The van der Waals surface area contributed by atoms with Gasteiger partial charge in [0.05, 0.1) is 24.4 Å². The molecular formula is C50H75ClN2O10. The molecule has 1 amide bonds. The molecule has 2 bridgehead atoms. The average Bonchev–Trinajstić information content (AvgIpc) is 3.25. The standard InChI is InChI=1S/C50H75ClN2O10/c1-12-16-38-24-30(2)21-31(3)25-43(60-10)46-44(61-11)26-34(6)50(63-46,52-29-37-17-15-18-39(51)27-37)47(56)48(57)53-20-14-13-19-40(53)49(58)62-45(36(8)41(54)28-42(38)55)33(5)22-32(4)23-35(7)59-9/h12,15,17-18,22,24,27,31-32,34-36,38,40-41,43-46,52,54H,1,13-14,16,19-21,23,25-26,28-29H2,2-11H3/b30-24+,33-22+/t31-,32-,34+,35-,36+,38+,40-,41-,43-,44-,45+,46+,50+/m0/s1. The lowest BCUT2D eigenvalue weighted by molar-refractivity contribution is -0.244. The number of allylic oxidation sites excluding steroid dienone is 4. The van der Waals surface area contributed by atoms with E-state index in [1.165, 1.54) is 4.90 Å². The fourth-order valence-corrected chi connectivity index (χ4v) is 10.0. The van der Waals surface area contributed by atoms with Gasteiger partial charge in [0.15, 0.2) is 5.72 Å². The number of ketones is 2. The second-order valence-corrected chi connectivity index (χ2v) is 19.1.